The molecule has 5 nitrogen and oxygen atoms in total. The molecule has 0 aromatic heterocycles. The second-order valence-electron chi connectivity index (χ2n) is 4.07. The molecule has 0 saturated carbocycles. The summed E-state index contributed by atoms with van der Waals surface area (Å²) in [6, 6.07) is 3.28. The summed E-state index contributed by atoms with van der Waals surface area (Å²) in [5.74, 6) is 1.26. The predicted molar refractivity (Wildman–Crippen MR) is 81.5 cm³/mol. The molecule has 1 aromatic carbocycles. The summed E-state index contributed by atoms with van der Waals surface area (Å²) in [5.41, 5.74) is 0.485. The number of ether oxygens (including phenoxy) is 3. The van der Waals surface area contributed by atoms with E-state index in [4.69, 9.17) is 14.2 Å². The number of rotatable bonds is 8. The van der Waals surface area contributed by atoms with Gasteiger partial charge in [0.25, 0.3) is 5.91 Å². The third-order valence-corrected chi connectivity index (χ3v) is 3.33. The van der Waals surface area contributed by atoms with E-state index in [1.807, 2.05) is 0 Å². The van der Waals surface area contributed by atoms with Crippen molar-refractivity contribution in [2.75, 3.05) is 33.2 Å². The van der Waals surface area contributed by atoms with Crippen LogP contribution in [0, 0.1) is 0 Å². The van der Waals surface area contributed by atoms with Crippen LogP contribution in [0.3, 0.4) is 0 Å². The Bertz CT molecular complexity index is 426. The van der Waals surface area contributed by atoms with Crippen molar-refractivity contribution in [3.63, 3.8) is 0 Å². The average Bonchev–Trinajstić information content (AvgIpc) is 2.49. The zero-order valence-corrected chi connectivity index (χ0v) is 13.6. The Labute approximate surface area is 127 Å². The first-order valence-corrected chi connectivity index (χ1v) is 7.44. The number of carbonyl (C=O) groups is 1. The molecule has 0 saturated heterocycles. The molecule has 1 rings (SSSR count). The summed E-state index contributed by atoms with van der Waals surface area (Å²) < 4.78 is 15.7. The van der Waals surface area contributed by atoms with E-state index < -0.39 is 0 Å². The molecule has 6 heteroatoms. The summed E-state index contributed by atoms with van der Waals surface area (Å²) >= 11 is 3.36. The van der Waals surface area contributed by atoms with Crippen LogP contribution in [-0.2, 0) is 0 Å². The molecule has 1 N–H and O–H groups in total. The van der Waals surface area contributed by atoms with Gasteiger partial charge in [-0.25, -0.2) is 0 Å². The quantitative estimate of drug-likeness (QED) is 0.581. The number of nitrogens with one attached hydrogen (secondary N) is 1. The topological polar surface area (TPSA) is 56.8 Å². The first-order chi connectivity index (χ1) is 9.67. The van der Waals surface area contributed by atoms with Crippen LogP contribution < -0.4 is 19.5 Å². The molecule has 1 amide bonds. The molecule has 1 aromatic rings. The molecule has 0 fully saturated rings. The summed E-state index contributed by atoms with van der Waals surface area (Å²) in [6.45, 7) is 0.640. The molecule has 0 unspecified atom stereocenters. The van der Waals surface area contributed by atoms with Crippen LogP contribution in [-0.4, -0.2) is 39.1 Å². The van der Waals surface area contributed by atoms with Gasteiger partial charge in [0.05, 0.1) is 21.3 Å². The van der Waals surface area contributed by atoms with Gasteiger partial charge in [-0.15, -0.1) is 0 Å². The number of halogens is 1. The summed E-state index contributed by atoms with van der Waals surface area (Å²) in [5, 5.41) is 3.80. The lowest BCUT2D eigenvalue weighted by Gasteiger charge is -2.14. The largest absolute Gasteiger partial charge is 0.493 e. The molecule has 0 aliphatic rings. The van der Waals surface area contributed by atoms with E-state index in [0.29, 0.717) is 29.4 Å². The fourth-order valence-corrected chi connectivity index (χ4v) is 2.13. The Kier molecular flexibility index (Phi) is 7.22. The standard InChI is InChI=1S/C14H20BrNO4/c1-18-11-8-10(9-12(19-2)13(11)20-3)14(17)16-7-5-4-6-15/h8-9H,4-7H2,1-3H3,(H,16,17). The van der Waals surface area contributed by atoms with E-state index in [0.717, 1.165) is 18.2 Å². The molecule has 0 aliphatic carbocycles. The molecule has 0 atom stereocenters. The summed E-state index contributed by atoms with van der Waals surface area (Å²) in [7, 11) is 4.57. The molecule has 0 spiro atoms. The molecule has 0 aliphatic heterocycles. The minimum atomic E-state index is -0.154. The highest BCUT2D eigenvalue weighted by molar-refractivity contribution is 9.09. The number of unbranched alkanes of at least 4 members (excludes halogenated alkanes) is 1. The van der Waals surface area contributed by atoms with E-state index in [9.17, 15) is 4.79 Å². The van der Waals surface area contributed by atoms with E-state index in [2.05, 4.69) is 21.2 Å². The van der Waals surface area contributed by atoms with Crippen LogP contribution in [0.5, 0.6) is 17.2 Å². The molecular formula is C14H20BrNO4. The first-order valence-electron chi connectivity index (χ1n) is 6.32. The Morgan fingerprint density at radius 3 is 2.15 bits per heavy atom. The van der Waals surface area contributed by atoms with Crippen LogP contribution in [0.1, 0.15) is 23.2 Å². The van der Waals surface area contributed by atoms with Gasteiger partial charge in [0.2, 0.25) is 5.75 Å². The Hall–Kier alpha value is -1.43. The SMILES string of the molecule is COc1cc(C(=O)NCCCCBr)cc(OC)c1OC. The number of amides is 1. The highest BCUT2D eigenvalue weighted by Gasteiger charge is 2.16. The van der Waals surface area contributed by atoms with Crippen LogP contribution in [0.4, 0.5) is 0 Å². The second kappa shape index (κ2) is 8.68. The minimum Gasteiger partial charge on any atom is -0.493 e. The number of hydrogen-bond donors (Lipinski definition) is 1. The Morgan fingerprint density at radius 1 is 1.10 bits per heavy atom. The fourth-order valence-electron chi connectivity index (χ4n) is 1.74. The van der Waals surface area contributed by atoms with Crippen molar-refractivity contribution in [3.8, 4) is 17.2 Å². The normalized spacial score (nSPS) is 10.0. The van der Waals surface area contributed by atoms with Gasteiger partial charge in [-0.3, -0.25) is 4.79 Å². The average molecular weight is 346 g/mol. The van der Waals surface area contributed by atoms with Crippen LogP contribution in [0.15, 0.2) is 12.1 Å². The maximum absolute atomic E-state index is 12.1. The van der Waals surface area contributed by atoms with Gasteiger partial charge in [-0.2, -0.15) is 0 Å². The van der Waals surface area contributed by atoms with Crippen molar-refractivity contribution in [1.29, 1.82) is 0 Å². The smallest absolute Gasteiger partial charge is 0.251 e. The van der Waals surface area contributed by atoms with Gasteiger partial charge in [0.1, 0.15) is 0 Å². The third-order valence-electron chi connectivity index (χ3n) is 2.77. The highest BCUT2D eigenvalue weighted by Crippen LogP contribution is 2.38. The second-order valence-corrected chi connectivity index (χ2v) is 4.86. The van der Waals surface area contributed by atoms with Gasteiger partial charge in [0.15, 0.2) is 11.5 Å². The van der Waals surface area contributed by atoms with Crippen LogP contribution in [0.25, 0.3) is 0 Å². The van der Waals surface area contributed by atoms with Gasteiger partial charge < -0.3 is 19.5 Å². The number of carbonyl (C=O) groups excluding carboxylic acids is 1. The van der Waals surface area contributed by atoms with Crippen molar-refractivity contribution < 1.29 is 19.0 Å². The van der Waals surface area contributed by atoms with Crippen molar-refractivity contribution in [2.24, 2.45) is 0 Å². The van der Waals surface area contributed by atoms with Gasteiger partial charge >= 0.3 is 0 Å². The van der Waals surface area contributed by atoms with E-state index in [1.165, 1.54) is 21.3 Å². The molecular weight excluding hydrogens is 326 g/mol. The van der Waals surface area contributed by atoms with Gasteiger partial charge in [-0.1, -0.05) is 15.9 Å². The van der Waals surface area contributed by atoms with Crippen LogP contribution >= 0.6 is 15.9 Å². The Balaban J connectivity index is 2.86. The number of alkyl halides is 1. The van der Waals surface area contributed by atoms with Crippen molar-refractivity contribution >= 4 is 21.8 Å². The lowest BCUT2D eigenvalue weighted by atomic mass is 10.1. The fraction of sp³-hybridized carbons (Fsp3) is 0.500. The third kappa shape index (κ3) is 4.30. The summed E-state index contributed by atoms with van der Waals surface area (Å²) in [6.07, 6.45) is 1.96. The molecule has 112 valence electrons. The molecule has 0 heterocycles. The maximum atomic E-state index is 12.1. The predicted octanol–water partition coefficient (Wildman–Crippen LogP) is 2.62. The van der Waals surface area contributed by atoms with E-state index >= 15 is 0 Å². The highest BCUT2D eigenvalue weighted by atomic mass is 79.9. The van der Waals surface area contributed by atoms with Gasteiger partial charge in [0, 0.05) is 17.4 Å². The lowest BCUT2D eigenvalue weighted by molar-refractivity contribution is 0.0952. The maximum Gasteiger partial charge on any atom is 0.251 e. The zero-order chi connectivity index (χ0) is 15.0. The van der Waals surface area contributed by atoms with E-state index in [-0.39, 0.29) is 5.91 Å². The number of methoxy groups -OCH3 is 3. The van der Waals surface area contributed by atoms with Crippen molar-refractivity contribution in [2.45, 2.75) is 12.8 Å². The first kappa shape index (κ1) is 16.6. The summed E-state index contributed by atoms with van der Waals surface area (Å²) in [4.78, 5) is 12.1. The molecule has 0 bridgehead atoms. The van der Waals surface area contributed by atoms with Crippen molar-refractivity contribution in [1.82, 2.24) is 5.32 Å². The zero-order valence-electron chi connectivity index (χ0n) is 12.0. The van der Waals surface area contributed by atoms with E-state index in [1.54, 1.807) is 12.1 Å². The van der Waals surface area contributed by atoms with Gasteiger partial charge in [-0.05, 0) is 25.0 Å². The molecule has 20 heavy (non-hydrogen) atoms. The van der Waals surface area contributed by atoms with Crippen molar-refractivity contribution in [3.05, 3.63) is 17.7 Å². The number of benzene rings is 1. The monoisotopic (exact) mass is 345 g/mol. The lowest BCUT2D eigenvalue weighted by Crippen LogP contribution is -2.24. The Morgan fingerprint density at radius 2 is 1.70 bits per heavy atom. The minimum absolute atomic E-state index is 0.154. The number of hydrogen-bond acceptors (Lipinski definition) is 4. The molecule has 0 radical (unpaired) electrons. The van der Waals surface area contributed by atoms with Crippen LogP contribution in [0.2, 0.25) is 0 Å².